The van der Waals surface area contributed by atoms with Crippen molar-refractivity contribution in [3.63, 3.8) is 0 Å². The number of carbonyl (C=O) groups is 1. The van der Waals surface area contributed by atoms with Crippen LogP contribution in [0.3, 0.4) is 0 Å². The lowest BCUT2D eigenvalue weighted by atomic mass is 10.1. The Morgan fingerprint density at radius 1 is 1.23 bits per heavy atom. The van der Waals surface area contributed by atoms with Gasteiger partial charge in [0, 0.05) is 11.8 Å². The summed E-state index contributed by atoms with van der Waals surface area (Å²) in [4.78, 5) is 27.7. The van der Waals surface area contributed by atoms with E-state index in [0.29, 0.717) is 11.6 Å². The van der Waals surface area contributed by atoms with E-state index in [2.05, 4.69) is 20.4 Å². The van der Waals surface area contributed by atoms with Crippen molar-refractivity contribution in [3.05, 3.63) is 52.0 Å². The lowest BCUT2D eigenvalue weighted by molar-refractivity contribution is -0.125. The molecular weight excluding hydrogens is 368 g/mol. The van der Waals surface area contributed by atoms with Crippen molar-refractivity contribution in [1.29, 1.82) is 0 Å². The molecule has 0 bridgehead atoms. The average Bonchev–Trinajstić information content (AvgIpc) is 3.35. The monoisotopic (exact) mass is 384 g/mol. The maximum Gasteiger partial charge on any atom is 0.270 e. The molecule has 0 spiro atoms. The molecule has 0 saturated heterocycles. The number of oxime groups is 1. The Labute approximate surface area is 158 Å². The van der Waals surface area contributed by atoms with Crippen LogP contribution >= 0.6 is 22.7 Å². The van der Waals surface area contributed by atoms with Gasteiger partial charge in [0.05, 0.1) is 27.0 Å². The molecule has 3 aromatic rings. The van der Waals surface area contributed by atoms with E-state index in [4.69, 9.17) is 4.84 Å². The third-order valence-corrected chi connectivity index (χ3v) is 5.79. The Kier molecular flexibility index (Phi) is 4.52. The van der Waals surface area contributed by atoms with Crippen LogP contribution in [-0.2, 0) is 9.63 Å². The van der Waals surface area contributed by atoms with Gasteiger partial charge in [0.25, 0.3) is 5.91 Å². The van der Waals surface area contributed by atoms with Gasteiger partial charge in [-0.2, -0.15) is 0 Å². The maximum absolute atomic E-state index is 12.5. The number of hydrogen-bond donors (Lipinski definition) is 1. The van der Waals surface area contributed by atoms with Crippen molar-refractivity contribution in [2.45, 2.75) is 26.4 Å². The number of nitrogens with one attached hydrogen (secondary N) is 1. The molecule has 4 rings (SSSR count). The van der Waals surface area contributed by atoms with Gasteiger partial charge in [-0.1, -0.05) is 35.5 Å². The first-order chi connectivity index (χ1) is 12.6. The predicted molar refractivity (Wildman–Crippen MR) is 104 cm³/mol. The molecule has 1 aromatic carbocycles. The standard InChI is InChI=1S/C18H16N4O2S2/c1-10-16(26-11(2)19-10)14-9-25-18(20-14)21-17(23)15-8-13(22-24-15)12-6-4-3-5-7-12/h3-7,9,15H,8H2,1-2H3,(H,20,21,23). The zero-order valence-electron chi connectivity index (χ0n) is 14.2. The normalized spacial score (nSPS) is 16.2. The molecular formula is C18H16N4O2S2. The van der Waals surface area contributed by atoms with Crippen LogP contribution in [0, 0.1) is 13.8 Å². The van der Waals surface area contributed by atoms with Crippen LogP contribution in [0.4, 0.5) is 5.13 Å². The zero-order valence-corrected chi connectivity index (χ0v) is 15.9. The number of aryl methyl sites for hydroxylation is 2. The second kappa shape index (κ2) is 6.97. The van der Waals surface area contributed by atoms with Crippen LogP contribution in [0.5, 0.6) is 0 Å². The Bertz CT molecular complexity index is 978. The molecule has 0 saturated carbocycles. The molecule has 1 unspecified atom stereocenters. The van der Waals surface area contributed by atoms with Gasteiger partial charge in [-0.25, -0.2) is 9.97 Å². The van der Waals surface area contributed by atoms with E-state index in [0.717, 1.165) is 32.5 Å². The summed E-state index contributed by atoms with van der Waals surface area (Å²) in [5.74, 6) is -0.238. The number of thiazole rings is 2. The van der Waals surface area contributed by atoms with Crippen molar-refractivity contribution < 1.29 is 9.63 Å². The Morgan fingerprint density at radius 2 is 2.04 bits per heavy atom. The zero-order chi connectivity index (χ0) is 18.1. The topological polar surface area (TPSA) is 76.5 Å². The quantitative estimate of drug-likeness (QED) is 0.737. The van der Waals surface area contributed by atoms with Crippen molar-refractivity contribution >= 4 is 39.4 Å². The first-order valence-electron chi connectivity index (χ1n) is 8.09. The van der Waals surface area contributed by atoms with E-state index < -0.39 is 6.10 Å². The van der Waals surface area contributed by atoms with Gasteiger partial charge in [-0.05, 0) is 19.4 Å². The molecule has 1 atom stereocenters. The largest absolute Gasteiger partial charge is 0.382 e. The number of nitrogens with zero attached hydrogens (tertiary/aromatic N) is 3. The van der Waals surface area contributed by atoms with Gasteiger partial charge < -0.3 is 4.84 Å². The second-order valence-corrected chi connectivity index (χ2v) is 7.94. The van der Waals surface area contributed by atoms with E-state index in [-0.39, 0.29) is 5.91 Å². The Morgan fingerprint density at radius 3 is 2.77 bits per heavy atom. The average molecular weight is 384 g/mol. The lowest BCUT2D eigenvalue weighted by Crippen LogP contribution is -2.27. The third-order valence-electron chi connectivity index (χ3n) is 3.94. The number of aromatic nitrogens is 2. The van der Waals surface area contributed by atoms with Crippen molar-refractivity contribution in [1.82, 2.24) is 9.97 Å². The summed E-state index contributed by atoms with van der Waals surface area (Å²) in [6, 6.07) is 9.72. The van der Waals surface area contributed by atoms with E-state index >= 15 is 0 Å². The van der Waals surface area contributed by atoms with E-state index in [9.17, 15) is 4.79 Å². The Hall–Kier alpha value is -2.58. The van der Waals surface area contributed by atoms with Gasteiger partial charge in [0.15, 0.2) is 5.13 Å². The maximum atomic E-state index is 12.5. The van der Waals surface area contributed by atoms with Crippen LogP contribution in [-0.4, -0.2) is 27.7 Å². The molecule has 6 nitrogen and oxygen atoms in total. The molecule has 1 aliphatic rings. The van der Waals surface area contributed by atoms with Crippen LogP contribution < -0.4 is 5.32 Å². The molecule has 26 heavy (non-hydrogen) atoms. The van der Waals surface area contributed by atoms with Crippen LogP contribution in [0.1, 0.15) is 22.7 Å². The number of hydrogen-bond acceptors (Lipinski definition) is 7. The fraction of sp³-hybridized carbons (Fsp3) is 0.222. The summed E-state index contributed by atoms with van der Waals surface area (Å²) in [7, 11) is 0. The second-order valence-electron chi connectivity index (χ2n) is 5.88. The number of amides is 1. The van der Waals surface area contributed by atoms with Crippen molar-refractivity contribution in [2.75, 3.05) is 5.32 Å². The van der Waals surface area contributed by atoms with E-state index in [1.54, 1.807) is 11.3 Å². The van der Waals surface area contributed by atoms with Gasteiger partial charge in [-0.15, -0.1) is 22.7 Å². The summed E-state index contributed by atoms with van der Waals surface area (Å²) in [6.07, 6.45) is -0.189. The summed E-state index contributed by atoms with van der Waals surface area (Å²) in [5.41, 5.74) is 3.54. The third kappa shape index (κ3) is 3.38. The highest BCUT2D eigenvalue weighted by molar-refractivity contribution is 7.16. The molecule has 1 N–H and O–H groups in total. The summed E-state index contributed by atoms with van der Waals surface area (Å²) < 4.78 is 0. The van der Waals surface area contributed by atoms with Crippen LogP contribution in [0.25, 0.3) is 10.6 Å². The molecule has 0 fully saturated rings. The summed E-state index contributed by atoms with van der Waals surface area (Å²) >= 11 is 2.99. The number of benzene rings is 1. The Balaban J connectivity index is 1.41. The van der Waals surface area contributed by atoms with Crippen molar-refractivity contribution in [2.24, 2.45) is 5.16 Å². The molecule has 0 radical (unpaired) electrons. The molecule has 2 aromatic heterocycles. The predicted octanol–water partition coefficient (Wildman–Crippen LogP) is 4.02. The highest BCUT2D eigenvalue weighted by Crippen LogP contribution is 2.32. The summed E-state index contributed by atoms with van der Waals surface area (Å²) in [6.45, 7) is 3.93. The summed E-state index contributed by atoms with van der Waals surface area (Å²) in [5, 5.41) is 10.4. The number of anilines is 1. The van der Waals surface area contributed by atoms with Gasteiger partial charge in [0.2, 0.25) is 6.10 Å². The molecule has 132 valence electrons. The molecule has 1 amide bonds. The number of carbonyl (C=O) groups excluding carboxylic acids is 1. The van der Waals surface area contributed by atoms with Crippen LogP contribution in [0.15, 0.2) is 40.9 Å². The molecule has 1 aliphatic heterocycles. The fourth-order valence-electron chi connectivity index (χ4n) is 2.71. The lowest BCUT2D eigenvalue weighted by Gasteiger charge is -2.07. The minimum Gasteiger partial charge on any atom is -0.382 e. The molecule has 3 heterocycles. The van der Waals surface area contributed by atoms with Crippen LogP contribution in [0.2, 0.25) is 0 Å². The minimum atomic E-state index is -0.634. The highest BCUT2D eigenvalue weighted by atomic mass is 32.1. The fourth-order valence-corrected chi connectivity index (χ4v) is 4.37. The van der Waals surface area contributed by atoms with Gasteiger partial charge in [0.1, 0.15) is 0 Å². The smallest absolute Gasteiger partial charge is 0.270 e. The molecule has 8 heteroatoms. The first-order valence-corrected chi connectivity index (χ1v) is 9.78. The van der Waals surface area contributed by atoms with Crippen molar-refractivity contribution in [3.8, 4) is 10.6 Å². The van der Waals surface area contributed by atoms with E-state index in [1.807, 2.05) is 49.6 Å². The van der Waals surface area contributed by atoms with E-state index in [1.165, 1.54) is 11.3 Å². The van der Waals surface area contributed by atoms with Gasteiger partial charge >= 0.3 is 0 Å². The highest BCUT2D eigenvalue weighted by Gasteiger charge is 2.29. The first kappa shape index (κ1) is 16.9. The molecule has 0 aliphatic carbocycles. The van der Waals surface area contributed by atoms with Gasteiger partial charge in [-0.3, -0.25) is 10.1 Å². The number of rotatable bonds is 4. The minimum absolute atomic E-state index is 0.238. The SMILES string of the molecule is Cc1nc(C)c(-c2csc(NC(=O)C3CC(c4ccccc4)=NO3)n2)s1.